The molecule has 0 saturated carbocycles. The van der Waals surface area contributed by atoms with Crippen molar-refractivity contribution in [3.63, 3.8) is 0 Å². The third-order valence-corrected chi connectivity index (χ3v) is 17.6. The molecule has 9 atom stereocenters. The molecule has 2 aliphatic rings. The summed E-state index contributed by atoms with van der Waals surface area (Å²) >= 11 is 0. The van der Waals surface area contributed by atoms with Crippen molar-refractivity contribution in [1.29, 1.82) is 0 Å². The summed E-state index contributed by atoms with van der Waals surface area (Å²) in [6.07, 6.45) is 33.3. The lowest BCUT2D eigenvalue weighted by Crippen LogP contribution is -2.64. The summed E-state index contributed by atoms with van der Waals surface area (Å²) < 4.78 is 50.5. The predicted octanol–water partition coefficient (Wildman–Crippen LogP) is 17.0. The first kappa shape index (κ1) is 81.2. The zero-order valence-electron chi connectivity index (χ0n) is 56.7. The molecule has 0 unspecified atom stereocenters. The Balaban J connectivity index is 2.63. The zero-order chi connectivity index (χ0) is 64.1. The molecule has 16 nitrogen and oxygen atoms in total. The number of unbranched alkanes of at least 4 members (excludes halogenated alkanes) is 40. The van der Waals surface area contributed by atoms with Crippen LogP contribution < -0.4 is 0 Å². The monoisotopic (exact) mass is 1250 g/mol. The van der Waals surface area contributed by atoms with Crippen molar-refractivity contribution >= 4 is 29.8 Å². The average Bonchev–Trinajstić information content (AvgIpc) is 3.01. The molecular formula is C72H132O16. The van der Waals surface area contributed by atoms with Crippen molar-refractivity contribution in [2.75, 3.05) is 19.8 Å². The zero-order valence-corrected chi connectivity index (χ0v) is 56.7. The maximum atomic E-state index is 14.4. The van der Waals surface area contributed by atoms with E-state index < -0.39 is 104 Å². The van der Waals surface area contributed by atoms with Crippen LogP contribution in [-0.2, 0) is 61.9 Å². The molecule has 0 aromatic carbocycles. The second-order valence-electron chi connectivity index (χ2n) is 25.8. The molecule has 2 saturated heterocycles. The molecule has 516 valence electrons. The second kappa shape index (κ2) is 54.6. The van der Waals surface area contributed by atoms with Gasteiger partial charge in [0, 0.05) is 32.1 Å². The van der Waals surface area contributed by atoms with Crippen molar-refractivity contribution in [2.24, 2.45) is 0 Å². The number of hydrogen-bond acceptors (Lipinski definition) is 16. The van der Waals surface area contributed by atoms with E-state index in [9.17, 15) is 39.3 Å². The fraction of sp³-hybridized carbons (Fsp3) is 0.931. The highest BCUT2D eigenvalue weighted by Crippen LogP contribution is 2.41. The molecule has 16 heteroatoms. The minimum Gasteiger partial charge on any atom is -0.463 e. The Hall–Kier alpha value is -2.89. The van der Waals surface area contributed by atoms with Crippen molar-refractivity contribution in [1.82, 2.24) is 0 Å². The highest BCUT2D eigenvalue weighted by molar-refractivity contribution is 5.72. The number of rotatable bonds is 60. The molecule has 88 heavy (non-hydrogen) atoms. The van der Waals surface area contributed by atoms with Gasteiger partial charge in [0.05, 0.1) is 6.61 Å². The molecule has 0 radical (unpaired) electrons. The van der Waals surface area contributed by atoms with Crippen LogP contribution in [0.5, 0.6) is 0 Å². The average molecular weight is 1250 g/mol. The number of carbonyl (C=O) groups excluding carboxylic acids is 5. The lowest BCUT2D eigenvalue weighted by molar-refractivity contribution is -0.384. The van der Waals surface area contributed by atoms with Crippen LogP contribution in [0.3, 0.4) is 0 Å². The highest BCUT2D eigenvalue weighted by Gasteiger charge is 2.64. The summed E-state index contributed by atoms with van der Waals surface area (Å²) in [4.78, 5) is 69.9. The van der Waals surface area contributed by atoms with Crippen molar-refractivity contribution in [2.45, 2.75) is 410 Å². The molecule has 2 aliphatic heterocycles. The smallest absolute Gasteiger partial charge is 0.306 e. The number of esters is 5. The molecule has 0 aromatic rings. The SMILES string of the molecule is CCCCCCCCCCCC(=O)OC[C@H]1O[C@@](COC(=O)CCCCCCCCCCC)(O[C@H]2O[C@H](CO)[C@@H](O)[C@H](O)[C@H]2OC(=O)CCCCCCCCCCC)[C@@H](OC(=O)CCCCCCCCCCC)[C@@H]1OC(=O)CCCCCCCCCCC. The molecule has 0 bridgehead atoms. The van der Waals surface area contributed by atoms with Crippen molar-refractivity contribution in [3.8, 4) is 0 Å². The summed E-state index contributed by atoms with van der Waals surface area (Å²) in [6.45, 7) is 8.95. The van der Waals surface area contributed by atoms with Crippen molar-refractivity contribution < 1.29 is 77.2 Å². The number of hydrogen-bond donors (Lipinski definition) is 3. The van der Waals surface area contributed by atoms with Gasteiger partial charge in [-0.05, 0) is 32.1 Å². The van der Waals surface area contributed by atoms with Gasteiger partial charge in [-0.3, -0.25) is 24.0 Å². The quantitative estimate of drug-likeness (QED) is 0.0293. The normalized spacial score (nSPS) is 21.8. The van der Waals surface area contributed by atoms with E-state index in [-0.39, 0.29) is 32.1 Å². The predicted molar refractivity (Wildman–Crippen MR) is 347 cm³/mol. The van der Waals surface area contributed by atoms with Gasteiger partial charge in [-0.15, -0.1) is 0 Å². The first-order chi connectivity index (χ1) is 42.9. The fourth-order valence-electron chi connectivity index (χ4n) is 12.0. The molecule has 3 N–H and O–H groups in total. The topological polar surface area (TPSA) is 220 Å². The highest BCUT2D eigenvalue weighted by atomic mass is 16.8. The van der Waals surface area contributed by atoms with Gasteiger partial charge in [0.15, 0.2) is 18.3 Å². The van der Waals surface area contributed by atoms with Gasteiger partial charge in [0.1, 0.15) is 37.6 Å². The summed E-state index contributed by atoms with van der Waals surface area (Å²) in [6, 6.07) is 0. The van der Waals surface area contributed by atoms with Gasteiger partial charge < -0.3 is 53.2 Å². The van der Waals surface area contributed by atoms with Gasteiger partial charge in [0.25, 0.3) is 0 Å². The molecule has 2 rings (SSSR count). The second-order valence-corrected chi connectivity index (χ2v) is 25.8. The third-order valence-electron chi connectivity index (χ3n) is 17.6. The van der Waals surface area contributed by atoms with Gasteiger partial charge in [0.2, 0.25) is 12.1 Å². The Kier molecular flexibility index (Phi) is 50.4. The summed E-state index contributed by atoms with van der Waals surface area (Å²) in [5, 5.41) is 33.6. The first-order valence-corrected chi connectivity index (χ1v) is 36.8. The van der Waals surface area contributed by atoms with E-state index >= 15 is 0 Å². The number of aliphatic hydroxyl groups excluding tert-OH is 3. The van der Waals surface area contributed by atoms with Gasteiger partial charge in [-0.25, -0.2) is 0 Å². The van der Waals surface area contributed by atoms with E-state index in [1.807, 2.05) is 0 Å². The maximum absolute atomic E-state index is 14.4. The molecule has 2 fully saturated rings. The van der Waals surface area contributed by atoms with Crippen LogP contribution in [0.15, 0.2) is 0 Å². The number of carbonyl (C=O) groups is 5. The minimum atomic E-state index is -2.42. The van der Waals surface area contributed by atoms with Crippen molar-refractivity contribution in [3.05, 3.63) is 0 Å². The van der Waals surface area contributed by atoms with E-state index in [2.05, 4.69) is 34.6 Å². The van der Waals surface area contributed by atoms with Gasteiger partial charge in [-0.2, -0.15) is 0 Å². The van der Waals surface area contributed by atoms with E-state index in [4.69, 9.17) is 37.9 Å². The first-order valence-electron chi connectivity index (χ1n) is 36.8. The fourth-order valence-corrected chi connectivity index (χ4v) is 12.0. The molecular weight excluding hydrogens is 1120 g/mol. The van der Waals surface area contributed by atoms with E-state index in [1.54, 1.807) is 0 Å². The lowest BCUT2D eigenvalue weighted by Gasteiger charge is -2.45. The Bertz CT molecular complexity index is 1710. The Labute approximate surface area is 535 Å². The molecule has 0 spiro atoms. The van der Waals surface area contributed by atoms with Crippen LogP contribution in [0.4, 0.5) is 0 Å². The van der Waals surface area contributed by atoms with Gasteiger partial charge in [-0.1, -0.05) is 291 Å². The minimum absolute atomic E-state index is 0.00796. The molecule has 0 aliphatic carbocycles. The Morgan fingerprint density at radius 1 is 0.352 bits per heavy atom. The summed E-state index contributed by atoms with van der Waals surface area (Å²) in [5.74, 6) is -5.53. The number of ether oxygens (including phenoxy) is 8. The van der Waals surface area contributed by atoms with Crippen LogP contribution in [0, 0.1) is 0 Å². The lowest BCUT2D eigenvalue weighted by atomic mass is 9.98. The third kappa shape index (κ3) is 38.2. The molecule has 2 heterocycles. The van der Waals surface area contributed by atoms with Crippen LogP contribution in [0.1, 0.15) is 356 Å². The van der Waals surface area contributed by atoms with Gasteiger partial charge >= 0.3 is 29.8 Å². The van der Waals surface area contributed by atoms with E-state index in [1.165, 1.54) is 122 Å². The van der Waals surface area contributed by atoms with Crippen LogP contribution >= 0.6 is 0 Å². The summed E-state index contributed by atoms with van der Waals surface area (Å²) in [5.41, 5.74) is 0. The van der Waals surface area contributed by atoms with Crippen LogP contribution in [0.25, 0.3) is 0 Å². The maximum Gasteiger partial charge on any atom is 0.306 e. The number of aliphatic hydroxyl groups is 3. The standard InChI is InChI=1S/C72H132O16/c1-6-11-16-21-26-31-36-41-46-51-61(74)81-57-60-68(84-63(76)53-48-43-38-33-28-23-18-13-8-3)70(86-65(78)55-50-45-40-35-30-25-20-15-10-5)72(87-60,58-82-62(75)52-47-42-37-32-27-22-17-12-7-2)88-71-69(67(80)66(79)59(56-73)83-71)85-64(77)54-49-44-39-34-29-24-19-14-9-4/h59-60,66-71,73,79-80H,6-58H2,1-5H3/t59-,60-,66-,67+,68-,69-,70+,71-,72+/m1/s1. The molecule has 0 aromatic heterocycles. The Morgan fingerprint density at radius 2 is 0.648 bits per heavy atom. The van der Waals surface area contributed by atoms with Crippen LogP contribution in [-0.4, -0.2) is 120 Å². The van der Waals surface area contributed by atoms with E-state index in [0.29, 0.717) is 32.1 Å². The molecule has 0 amide bonds. The largest absolute Gasteiger partial charge is 0.463 e. The van der Waals surface area contributed by atoms with Crippen LogP contribution in [0.2, 0.25) is 0 Å². The summed E-state index contributed by atoms with van der Waals surface area (Å²) in [7, 11) is 0. The van der Waals surface area contributed by atoms with E-state index in [0.717, 1.165) is 135 Å². The Morgan fingerprint density at radius 3 is 0.989 bits per heavy atom.